The molecule has 2 aromatic rings. The number of nitrogens with zero attached hydrogens (tertiary/aromatic N) is 1. The molecular formula is C16H12FNO2. The molecule has 3 nitrogen and oxygen atoms in total. The first-order chi connectivity index (χ1) is 9.65. The van der Waals surface area contributed by atoms with E-state index in [4.69, 9.17) is 4.74 Å². The second kappa shape index (κ2) is 5.89. The van der Waals surface area contributed by atoms with E-state index in [0.29, 0.717) is 11.3 Å². The number of hydrogen-bond donors (Lipinski definition) is 1. The molecule has 0 heterocycles. The smallest absolute Gasteiger partial charge is 0.161 e. The standard InChI is InChI=1S/C16H12FNO2/c1-20-16-9-11(6-7-15(16)19)8-12(10-18)13-4-2-3-5-14(13)17/h2-9,19H,1H3. The normalized spacial score (nSPS) is 10.9. The van der Waals surface area contributed by atoms with E-state index in [-0.39, 0.29) is 16.9 Å². The molecule has 20 heavy (non-hydrogen) atoms. The first-order valence-corrected chi connectivity index (χ1v) is 5.89. The van der Waals surface area contributed by atoms with E-state index in [1.807, 2.05) is 6.07 Å². The molecule has 0 aliphatic carbocycles. The van der Waals surface area contributed by atoms with Gasteiger partial charge in [0.15, 0.2) is 11.5 Å². The van der Waals surface area contributed by atoms with Crippen molar-refractivity contribution in [3.05, 3.63) is 59.4 Å². The topological polar surface area (TPSA) is 53.2 Å². The fourth-order valence-electron chi connectivity index (χ4n) is 1.80. The van der Waals surface area contributed by atoms with Gasteiger partial charge in [0.1, 0.15) is 5.82 Å². The van der Waals surface area contributed by atoms with Crippen molar-refractivity contribution in [1.82, 2.24) is 0 Å². The first kappa shape index (κ1) is 13.6. The van der Waals surface area contributed by atoms with Gasteiger partial charge in [0, 0.05) is 5.56 Å². The zero-order valence-electron chi connectivity index (χ0n) is 10.8. The number of methoxy groups -OCH3 is 1. The van der Waals surface area contributed by atoms with Crippen LogP contribution in [0.5, 0.6) is 11.5 Å². The number of hydrogen-bond acceptors (Lipinski definition) is 3. The van der Waals surface area contributed by atoms with Crippen LogP contribution in [0.4, 0.5) is 4.39 Å². The molecule has 100 valence electrons. The van der Waals surface area contributed by atoms with E-state index < -0.39 is 5.82 Å². The molecule has 0 fully saturated rings. The summed E-state index contributed by atoms with van der Waals surface area (Å²) in [5.74, 6) is -0.148. The lowest BCUT2D eigenvalue weighted by atomic mass is 10.0. The number of allylic oxidation sites excluding steroid dienone is 1. The molecule has 0 radical (unpaired) electrons. The highest BCUT2D eigenvalue weighted by Crippen LogP contribution is 2.28. The first-order valence-electron chi connectivity index (χ1n) is 5.89. The van der Waals surface area contributed by atoms with E-state index in [1.165, 1.54) is 19.2 Å². The Hall–Kier alpha value is -2.80. The Morgan fingerprint density at radius 3 is 2.70 bits per heavy atom. The molecule has 0 saturated carbocycles. The van der Waals surface area contributed by atoms with E-state index >= 15 is 0 Å². The number of aromatic hydroxyl groups is 1. The van der Waals surface area contributed by atoms with E-state index in [0.717, 1.165) is 0 Å². The molecule has 2 aromatic carbocycles. The lowest BCUT2D eigenvalue weighted by molar-refractivity contribution is 0.373. The van der Waals surface area contributed by atoms with Gasteiger partial charge in [0.25, 0.3) is 0 Å². The van der Waals surface area contributed by atoms with Gasteiger partial charge in [-0.1, -0.05) is 24.3 Å². The minimum Gasteiger partial charge on any atom is -0.504 e. The summed E-state index contributed by atoms with van der Waals surface area (Å²) in [4.78, 5) is 0. The van der Waals surface area contributed by atoms with Gasteiger partial charge in [-0.15, -0.1) is 0 Å². The van der Waals surface area contributed by atoms with E-state index in [1.54, 1.807) is 36.4 Å². The van der Waals surface area contributed by atoms with Gasteiger partial charge >= 0.3 is 0 Å². The fourth-order valence-corrected chi connectivity index (χ4v) is 1.80. The van der Waals surface area contributed by atoms with Crippen LogP contribution in [-0.2, 0) is 0 Å². The number of rotatable bonds is 3. The molecule has 0 spiro atoms. The zero-order valence-corrected chi connectivity index (χ0v) is 10.8. The Bertz CT molecular complexity index is 702. The van der Waals surface area contributed by atoms with E-state index in [2.05, 4.69) is 0 Å². The van der Waals surface area contributed by atoms with Crippen LogP contribution in [0.15, 0.2) is 42.5 Å². The number of ether oxygens (including phenoxy) is 1. The average Bonchev–Trinajstić information content (AvgIpc) is 2.47. The Labute approximate surface area is 116 Å². The zero-order chi connectivity index (χ0) is 14.5. The molecule has 0 aliphatic rings. The van der Waals surface area contributed by atoms with Crippen molar-refractivity contribution >= 4 is 11.6 Å². The largest absolute Gasteiger partial charge is 0.504 e. The Balaban J connectivity index is 2.47. The van der Waals surface area contributed by atoms with Crippen molar-refractivity contribution in [1.29, 1.82) is 5.26 Å². The highest BCUT2D eigenvalue weighted by molar-refractivity contribution is 5.90. The van der Waals surface area contributed by atoms with Gasteiger partial charge in [0.2, 0.25) is 0 Å². The molecule has 1 N–H and O–H groups in total. The third-order valence-electron chi connectivity index (χ3n) is 2.80. The van der Waals surface area contributed by atoms with Crippen LogP contribution in [0.2, 0.25) is 0 Å². The van der Waals surface area contributed by atoms with Crippen molar-refractivity contribution in [2.45, 2.75) is 0 Å². The van der Waals surface area contributed by atoms with Gasteiger partial charge in [-0.3, -0.25) is 0 Å². The van der Waals surface area contributed by atoms with Crippen LogP contribution < -0.4 is 4.74 Å². The third-order valence-corrected chi connectivity index (χ3v) is 2.80. The van der Waals surface area contributed by atoms with Gasteiger partial charge in [0.05, 0.1) is 18.8 Å². The van der Waals surface area contributed by atoms with Gasteiger partial charge in [-0.05, 0) is 29.8 Å². The summed E-state index contributed by atoms with van der Waals surface area (Å²) < 4.78 is 18.7. The van der Waals surface area contributed by atoms with Crippen molar-refractivity contribution in [2.24, 2.45) is 0 Å². The molecular weight excluding hydrogens is 257 g/mol. The molecule has 2 rings (SSSR count). The summed E-state index contributed by atoms with van der Waals surface area (Å²) in [6, 6.07) is 12.7. The molecule has 0 aromatic heterocycles. The highest BCUT2D eigenvalue weighted by Gasteiger charge is 2.08. The van der Waals surface area contributed by atoms with Crippen molar-refractivity contribution in [2.75, 3.05) is 7.11 Å². The third kappa shape index (κ3) is 2.78. The molecule has 0 saturated heterocycles. The predicted octanol–water partition coefficient (Wildman–Crippen LogP) is 3.60. The van der Waals surface area contributed by atoms with Gasteiger partial charge < -0.3 is 9.84 Å². The molecule has 0 bridgehead atoms. The van der Waals surface area contributed by atoms with Crippen molar-refractivity contribution in [3.63, 3.8) is 0 Å². The number of halogens is 1. The predicted molar refractivity (Wildman–Crippen MR) is 74.5 cm³/mol. The van der Waals surface area contributed by atoms with Crippen LogP contribution in [0.3, 0.4) is 0 Å². The molecule has 0 atom stereocenters. The fraction of sp³-hybridized carbons (Fsp3) is 0.0625. The summed E-state index contributed by atoms with van der Waals surface area (Å²) in [5, 5.41) is 18.7. The maximum Gasteiger partial charge on any atom is 0.161 e. The van der Waals surface area contributed by atoms with E-state index in [9.17, 15) is 14.8 Å². The maximum atomic E-state index is 13.7. The van der Waals surface area contributed by atoms with Crippen LogP contribution in [0.25, 0.3) is 11.6 Å². The van der Waals surface area contributed by atoms with Crippen LogP contribution in [0.1, 0.15) is 11.1 Å². The van der Waals surface area contributed by atoms with Crippen LogP contribution >= 0.6 is 0 Å². The Morgan fingerprint density at radius 2 is 2.05 bits per heavy atom. The summed E-state index contributed by atoms with van der Waals surface area (Å²) in [6.07, 6.45) is 1.54. The Kier molecular flexibility index (Phi) is 4.02. The highest BCUT2D eigenvalue weighted by atomic mass is 19.1. The number of benzene rings is 2. The summed E-state index contributed by atoms with van der Waals surface area (Å²) in [7, 11) is 1.44. The molecule has 0 aliphatic heterocycles. The maximum absolute atomic E-state index is 13.7. The lowest BCUT2D eigenvalue weighted by Gasteiger charge is -2.05. The minimum absolute atomic E-state index is 0.00838. The van der Waals surface area contributed by atoms with Crippen molar-refractivity contribution < 1.29 is 14.2 Å². The quantitative estimate of drug-likeness (QED) is 0.684. The van der Waals surface area contributed by atoms with Gasteiger partial charge in [-0.25, -0.2) is 4.39 Å². The molecule has 0 amide bonds. The minimum atomic E-state index is -0.453. The van der Waals surface area contributed by atoms with Crippen LogP contribution in [0, 0.1) is 17.1 Å². The SMILES string of the molecule is COc1cc(C=C(C#N)c2ccccc2F)ccc1O. The summed E-state index contributed by atoms with van der Waals surface area (Å²) >= 11 is 0. The van der Waals surface area contributed by atoms with Gasteiger partial charge in [-0.2, -0.15) is 5.26 Å². The molecule has 4 heteroatoms. The van der Waals surface area contributed by atoms with Crippen molar-refractivity contribution in [3.8, 4) is 17.6 Å². The number of phenolic OH excluding ortho intramolecular Hbond substituents is 1. The molecule has 0 unspecified atom stereocenters. The second-order valence-corrected chi connectivity index (χ2v) is 4.08. The number of phenols is 1. The Morgan fingerprint density at radius 1 is 1.30 bits per heavy atom. The second-order valence-electron chi connectivity index (χ2n) is 4.08. The van der Waals surface area contributed by atoms with Crippen LogP contribution in [-0.4, -0.2) is 12.2 Å². The summed E-state index contributed by atoms with van der Waals surface area (Å²) in [6.45, 7) is 0. The summed E-state index contributed by atoms with van der Waals surface area (Å²) in [5.41, 5.74) is 1.08. The number of nitriles is 1. The average molecular weight is 269 g/mol. The monoisotopic (exact) mass is 269 g/mol. The lowest BCUT2D eigenvalue weighted by Crippen LogP contribution is -1.88.